The maximum absolute atomic E-state index is 12.5. The minimum atomic E-state index is -0.836. The summed E-state index contributed by atoms with van der Waals surface area (Å²) in [6.45, 7) is 0. The summed E-state index contributed by atoms with van der Waals surface area (Å²) in [7, 11) is 0. The lowest BCUT2D eigenvalue weighted by Crippen LogP contribution is -2.23. The highest BCUT2D eigenvalue weighted by Gasteiger charge is 2.24. The van der Waals surface area contributed by atoms with Gasteiger partial charge in [0.2, 0.25) is 0 Å². The quantitative estimate of drug-likeness (QED) is 0.611. The van der Waals surface area contributed by atoms with Crippen LogP contribution in [0, 0.1) is 5.92 Å². The van der Waals surface area contributed by atoms with Crippen molar-refractivity contribution in [3.8, 4) is 0 Å². The van der Waals surface area contributed by atoms with E-state index in [-0.39, 0.29) is 11.7 Å². The molecule has 0 radical (unpaired) electrons. The van der Waals surface area contributed by atoms with Gasteiger partial charge in [0.1, 0.15) is 18.0 Å². The molecule has 1 aliphatic rings. The summed E-state index contributed by atoms with van der Waals surface area (Å²) in [4.78, 5) is 40.2. The number of anilines is 1. The van der Waals surface area contributed by atoms with Crippen LogP contribution < -0.4 is 5.32 Å². The highest BCUT2D eigenvalue weighted by molar-refractivity contribution is 6.03. The van der Waals surface area contributed by atoms with Crippen LogP contribution in [0.15, 0.2) is 42.9 Å². The number of nitrogens with one attached hydrogen (secondary N) is 1. The molecule has 0 saturated heterocycles. The van der Waals surface area contributed by atoms with E-state index in [0.717, 1.165) is 25.7 Å². The van der Waals surface area contributed by atoms with Crippen molar-refractivity contribution < 1.29 is 14.4 Å². The topological polar surface area (TPSA) is 81.1 Å². The summed E-state index contributed by atoms with van der Waals surface area (Å²) in [5.41, 5.74) is 0.832. The average Bonchev–Trinajstić information content (AvgIpc) is 3.12. The van der Waals surface area contributed by atoms with E-state index in [1.807, 2.05) is 0 Å². The third kappa shape index (κ3) is 4.45. The van der Waals surface area contributed by atoms with Crippen LogP contribution in [0.4, 0.5) is 5.69 Å². The van der Waals surface area contributed by atoms with E-state index in [1.54, 1.807) is 47.4 Å². The lowest BCUT2D eigenvalue weighted by Gasteiger charge is -2.22. The average molecular weight is 353 g/mol. The third-order valence-corrected chi connectivity index (χ3v) is 4.86. The van der Waals surface area contributed by atoms with Gasteiger partial charge in [-0.3, -0.25) is 14.6 Å². The van der Waals surface area contributed by atoms with E-state index in [9.17, 15) is 14.4 Å². The Bertz CT molecular complexity index is 764. The fraction of sp³-hybridized carbons (Fsp3) is 0.400. The normalized spacial score (nSPS) is 16.0. The van der Waals surface area contributed by atoms with Gasteiger partial charge in [-0.05, 0) is 24.1 Å². The first-order valence-corrected chi connectivity index (χ1v) is 9.05. The lowest BCUT2D eigenvalue weighted by atomic mass is 9.85. The van der Waals surface area contributed by atoms with Gasteiger partial charge in [0.05, 0.1) is 5.69 Å². The van der Waals surface area contributed by atoms with E-state index >= 15 is 0 Å². The molecule has 1 saturated carbocycles. The third-order valence-electron chi connectivity index (χ3n) is 4.86. The zero-order valence-corrected chi connectivity index (χ0v) is 14.6. The molecule has 1 N–H and O–H groups in total. The number of hydrogen-bond acceptors (Lipinski definition) is 4. The number of hydrogen-bond donors (Lipinski definition) is 1. The van der Waals surface area contributed by atoms with Gasteiger partial charge in [0.25, 0.3) is 5.91 Å². The lowest BCUT2D eigenvalue weighted by molar-refractivity contribution is -0.127. The van der Waals surface area contributed by atoms with E-state index in [0.29, 0.717) is 30.0 Å². The standard InChI is InChI=1S/C20H23N3O3/c24-14-18(19(25)12-15-6-2-1-3-7-15)23-11-9-16(13-23)22-20(26)17-8-4-5-10-21-17/h4-5,8-11,13-15,18H,1-3,6-7,12H2,(H,22,26). The molecule has 2 aromatic heterocycles. The van der Waals surface area contributed by atoms with E-state index < -0.39 is 6.04 Å². The summed E-state index contributed by atoms with van der Waals surface area (Å²) in [5, 5.41) is 2.73. The molecule has 1 fully saturated rings. The second kappa shape index (κ2) is 8.56. The minimum Gasteiger partial charge on any atom is -0.335 e. The smallest absolute Gasteiger partial charge is 0.274 e. The van der Waals surface area contributed by atoms with Crippen LogP contribution in [0.25, 0.3) is 0 Å². The van der Waals surface area contributed by atoms with Gasteiger partial charge in [-0.15, -0.1) is 0 Å². The second-order valence-electron chi connectivity index (χ2n) is 6.77. The maximum atomic E-state index is 12.5. The summed E-state index contributed by atoms with van der Waals surface area (Å²) in [5.74, 6) is -0.0118. The van der Waals surface area contributed by atoms with Crippen LogP contribution >= 0.6 is 0 Å². The zero-order valence-electron chi connectivity index (χ0n) is 14.6. The predicted octanol–water partition coefficient (Wildman–Crippen LogP) is 3.41. The van der Waals surface area contributed by atoms with Crippen molar-refractivity contribution in [3.63, 3.8) is 0 Å². The van der Waals surface area contributed by atoms with Crippen molar-refractivity contribution in [2.24, 2.45) is 5.92 Å². The molecule has 1 atom stereocenters. The number of nitrogens with zero attached hydrogens (tertiary/aromatic N) is 2. The Morgan fingerprint density at radius 2 is 2.04 bits per heavy atom. The van der Waals surface area contributed by atoms with E-state index in [1.165, 1.54) is 6.42 Å². The van der Waals surface area contributed by atoms with Crippen LogP contribution in [0.5, 0.6) is 0 Å². The SMILES string of the molecule is O=CC(C(=O)CC1CCCCC1)n1ccc(NC(=O)c2ccccn2)c1. The Morgan fingerprint density at radius 3 is 2.73 bits per heavy atom. The molecule has 2 aromatic rings. The number of Topliss-reactive ketones (excluding diaryl/α,β-unsaturated/α-hetero) is 1. The number of amides is 1. The number of ketones is 1. The molecule has 0 aliphatic heterocycles. The monoisotopic (exact) mass is 353 g/mol. The fourth-order valence-electron chi connectivity index (χ4n) is 3.46. The molecular weight excluding hydrogens is 330 g/mol. The largest absolute Gasteiger partial charge is 0.335 e. The van der Waals surface area contributed by atoms with Gasteiger partial charge in [-0.1, -0.05) is 38.2 Å². The van der Waals surface area contributed by atoms with Gasteiger partial charge in [0, 0.05) is 25.0 Å². The zero-order chi connectivity index (χ0) is 18.4. The molecule has 0 spiro atoms. The van der Waals surface area contributed by atoms with Crippen LogP contribution in [0.3, 0.4) is 0 Å². The fourth-order valence-corrected chi connectivity index (χ4v) is 3.46. The summed E-state index contributed by atoms with van der Waals surface area (Å²) in [6.07, 6.45) is 11.6. The highest BCUT2D eigenvalue weighted by Crippen LogP contribution is 2.28. The Kier molecular flexibility index (Phi) is 5.94. The van der Waals surface area contributed by atoms with Crippen LogP contribution in [0.1, 0.15) is 55.1 Å². The molecule has 0 aromatic carbocycles. The van der Waals surface area contributed by atoms with Crippen LogP contribution in [0.2, 0.25) is 0 Å². The first-order valence-electron chi connectivity index (χ1n) is 9.05. The molecule has 1 aliphatic carbocycles. The molecular formula is C20H23N3O3. The van der Waals surface area contributed by atoms with E-state index in [2.05, 4.69) is 10.3 Å². The first kappa shape index (κ1) is 18.0. The number of pyridine rings is 1. The molecule has 26 heavy (non-hydrogen) atoms. The molecule has 3 rings (SSSR count). The van der Waals surface area contributed by atoms with Crippen molar-refractivity contribution in [1.82, 2.24) is 9.55 Å². The van der Waals surface area contributed by atoms with Crippen molar-refractivity contribution in [2.75, 3.05) is 5.32 Å². The predicted molar refractivity (Wildman–Crippen MR) is 97.9 cm³/mol. The number of aldehydes is 1. The number of aromatic nitrogens is 2. The van der Waals surface area contributed by atoms with Crippen molar-refractivity contribution in [1.29, 1.82) is 0 Å². The molecule has 1 amide bonds. The Balaban J connectivity index is 1.63. The number of carbonyl (C=O) groups is 3. The Morgan fingerprint density at radius 1 is 1.23 bits per heavy atom. The maximum Gasteiger partial charge on any atom is 0.274 e. The number of rotatable bonds is 7. The van der Waals surface area contributed by atoms with Gasteiger partial charge in [-0.2, -0.15) is 0 Å². The highest BCUT2D eigenvalue weighted by atomic mass is 16.2. The van der Waals surface area contributed by atoms with Gasteiger partial charge < -0.3 is 14.7 Å². The van der Waals surface area contributed by atoms with Crippen LogP contribution in [-0.2, 0) is 9.59 Å². The summed E-state index contributed by atoms with van der Waals surface area (Å²) in [6, 6.07) is 5.93. The van der Waals surface area contributed by atoms with E-state index in [4.69, 9.17) is 0 Å². The Labute approximate surface area is 152 Å². The molecule has 0 bridgehead atoms. The van der Waals surface area contributed by atoms with Crippen molar-refractivity contribution in [3.05, 3.63) is 48.5 Å². The Hall–Kier alpha value is -2.76. The number of carbonyl (C=O) groups excluding carboxylic acids is 3. The molecule has 1 unspecified atom stereocenters. The molecule has 6 heteroatoms. The molecule has 136 valence electrons. The molecule has 2 heterocycles. The summed E-state index contributed by atoms with van der Waals surface area (Å²) < 4.78 is 1.56. The van der Waals surface area contributed by atoms with Crippen molar-refractivity contribution in [2.45, 2.75) is 44.6 Å². The summed E-state index contributed by atoms with van der Waals surface area (Å²) >= 11 is 0. The van der Waals surface area contributed by atoms with Crippen molar-refractivity contribution >= 4 is 23.7 Å². The second-order valence-corrected chi connectivity index (χ2v) is 6.77. The van der Waals surface area contributed by atoms with Crippen LogP contribution in [-0.4, -0.2) is 27.5 Å². The first-order chi connectivity index (χ1) is 12.7. The molecule has 6 nitrogen and oxygen atoms in total. The van der Waals surface area contributed by atoms with Gasteiger partial charge in [-0.25, -0.2) is 0 Å². The van der Waals surface area contributed by atoms with Gasteiger partial charge in [0.15, 0.2) is 5.78 Å². The minimum absolute atomic E-state index is 0.0647. The van der Waals surface area contributed by atoms with Gasteiger partial charge >= 0.3 is 0 Å².